The second kappa shape index (κ2) is 9.63. The van der Waals surface area contributed by atoms with E-state index in [0.29, 0.717) is 0 Å². The molecule has 11 nitrogen and oxygen atoms in total. The van der Waals surface area contributed by atoms with Crippen molar-refractivity contribution in [3.8, 4) is 0 Å². The molecule has 0 saturated carbocycles. The number of aliphatic carboxylic acids is 2. The summed E-state index contributed by atoms with van der Waals surface area (Å²) in [6.45, 7) is 0. The summed E-state index contributed by atoms with van der Waals surface area (Å²) in [7, 11) is 0. The van der Waals surface area contributed by atoms with Crippen molar-refractivity contribution in [1.82, 2.24) is 10.6 Å². The number of nitrogens with one attached hydrogen (secondary N) is 2. The lowest BCUT2D eigenvalue weighted by atomic mass is 10.1. The molecule has 8 N–H and O–H groups in total. The van der Waals surface area contributed by atoms with Crippen molar-refractivity contribution < 1.29 is 34.2 Å². The van der Waals surface area contributed by atoms with Crippen molar-refractivity contribution in [2.45, 2.75) is 31.0 Å². The maximum absolute atomic E-state index is 11.9. The van der Waals surface area contributed by atoms with Crippen LogP contribution in [0.1, 0.15) is 12.8 Å². The molecule has 0 aromatic rings. The molecule has 0 fully saturated rings. The Labute approximate surface area is 136 Å². The first-order valence-electron chi connectivity index (χ1n) is 6.28. The number of hydrogen-bond acceptors (Lipinski definition) is 7. The lowest BCUT2D eigenvalue weighted by Gasteiger charge is -2.20. The van der Waals surface area contributed by atoms with Crippen LogP contribution in [0.25, 0.3) is 0 Å². The van der Waals surface area contributed by atoms with Crippen molar-refractivity contribution >= 4 is 42.3 Å². The summed E-state index contributed by atoms with van der Waals surface area (Å²) in [5, 5.41) is 21.6. The van der Waals surface area contributed by atoms with Crippen LogP contribution in [0.3, 0.4) is 0 Å². The summed E-state index contributed by atoms with van der Waals surface area (Å²) in [5.74, 6) is -5.77. The van der Waals surface area contributed by atoms with Crippen molar-refractivity contribution in [2.24, 2.45) is 11.5 Å². The van der Waals surface area contributed by atoms with Crippen molar-refractivity contribution in [3.63, 3.8) is 0 Å². The molecule has 3 atom stereocenters. The Morgan fingerprint density at radius 2 is 1.48 bits per heavy atom. The Kier molecular flexibility index (Phi) is 8.65. The van der Waals surface area contributed by atoms with Crippen LogP contribution in [0.2, 0.25) is 0 Å². The zero-order chi connectivity index (χ0) is 18.2. The SMILES string of the molecule is NC(=O)CC(NC(=O)C(CS)NC(=O)C(N)CC(=O)O)C(=O)O. The number of rotatable bonds is 10. The first-order valence-corrected chi connectivity index (χ1v) is 6.91. The molecule has 12 heteroatoms. The van der Waals surface area contributed by atoms with E-state index in [9.17, 15) is 24.0 Å². The highest BCUT2D eigenvalue weighted by Gasteiger charge is 2.28. The highest BCUT2D eigenvalue weighted by molar-refractivity contribution is 7.80. The highest BCUT2D eigenvalue weighted by Crippen LogP contribution is 1.97. The maximum Gasteiger partial charge on any atom is 0.326 e. The van der Waals surface area contributed by atoms with Crippen LogP contribution >= 0.6 is 12.6 Å². The molecule has 0 aromatic heterocycles. The minimum absolute atomic E-state index is 0.208. The third kappa shape index (κ3) is 8.01. The topological polar surface area (TPSA) is 202 Å². The largest absolute Gasteiger partial charge is 0.481 e. The number of amides is 3. The summed E-state index contributed by atoms with van der Waals surface area (Å²) in [5.41, 5.74) is 10.2. The summed E-state index contributed by atoms with van der Waals surface area (Å²) >= 11 is 3.84. The van der Waals surface area contributed by atoms with E-state index in [1.165, 1.54) is 0 Å². The zero-order valence-electron chi connectivity index (χ0n) is 11.9. The van der Waals surface area contributed by atoms with Gasteiger partial charge in [0.15, 0.2) is 0 Å². The average Bonchev–Trinajstić information content (AvgIpc) is 2.41. The van der Waals surface area contributed by atoms with Crippen LogP contribution in [0.15, 0.2) is 0 Å². The highest BCUT2D eigenvalue weighted by atomic mass is 32.1. The van der Waals surface area contributed by atoms with Crippen molar-refractivity contribution in [1.29, 1.82) is 0 Å². The Morgan fingerprint density at radius 3 is 1.87 bits per heavy atom. The molecule has 0 heterocycles. The van der Waals surface area contributed by atoms with E-state index in [1.54, 1.807) is 0 Å². The molecule has 0 aromatic carbocycles. The minimum Gasteiger partial charge on any atom is -0.481 e. The maximum atomic E-state index is 11.9. The van der Waals surface area contributed by atoms with Crippen molar-refractivity contribution in [3.05, 3.63) is 0 Å². The average molecular weight is 350 g/mol. The Balaban J connectivity index is 4.78. The van der Waals surface area contributed by atoms with Gasteiger partial charge in [-0.15, -0.1) is 0 Å². The van der Waals surface area contributed by atoms with Gasteiger partial charge < -0.3 is 32.3 Å². The van der Waals surface area contributed by atoms with E-state index in [0.717, 1.165) is 0 Å². The van der Waals surface area contributed by atoms with Gasteiger partial charge in [0.05, 0.1) is 18.9 Å². The van der Waals surface area contributed by atoms with Gasteiger partial charge in [-0.1, -0.05) is 0 Å². The van der Waals surface area contributed by atoms with Gasteiger partial charge in [-0.3, -0.25) is 19.2 Å². The fraction of sp³-hybridized carbons (Fsp3) is 0.545. The minimum atomic E-state index is -1.56. The standard InChI is InChI=1S/C11H18N4O7S/c12-4(1-8(17)18)9(19)15-6(3-23)10(20)14-5(11(21)22)2-7(13)16/h4-6,23H,1-3,12H2,(H2,13,16)(H,14,20)(H,15,19)(H,17,18)(H,21,22). The lowest BCUT2D eigenvalue weighted by Crippen LogP contribution is -2.55. The smallest absolute Gasteiger partial charge is 0.326 e. The molecule has 3 unspecified atom stereocenters. The van der Waals surface area contributed by atoms with E-state index in [1.807, 2.05) is 5.32 Å². The van der Waals surface area contributed by atoms with E-state index in [-0.39, 0.29) is 5.75 Å². The van der Waals surface area contributed by atoms with Crippen LogP contribution in [0.4, 0.5) is 0 Å². The predicted octanol–water partition coefficient (Wildman–Crippen LogP) is -3.35. The molecule has 130 valence electrons. The molecular weight excluding hydrogens is 332 g/mol. The summed E-state index contributed by atoms with van der Waals surface area (Å²) in [6.07, 6.45) is -1.28. The molecule has 0 saturated heterocycles. The van der Waals surface area contributed by atoms with Crippen LogP contribution in [-0.2, 0) is 24.0 Å². The molecule has 0 spiro atoms. The summed E-state index contributed by atoms with van der Waals surface area (Å²) in [4.78, 5) is 55.7. The van der Waals surface area contributed by atoms with Gasteiger partial charge in [-0.25, -0.2) is 4.79 Å². The van der Waals surface area contributed by atoms with Gasteiger partial charge in [-0.05, 0) is 0 Å². The van der Waals surface area contributed by atoms with E-state index in [4.69, 9.17) is 21.7 Å². The number of primary amides is 1. The summed E-state index contributed by atoms with van der Waals surface area (Å²) < 4.78 is 0. The Bertz CT molecular complexity index is 499. The summed E-state index contributed by atoms with van der Waals surface area (Å²) in [6, 6.07) is -4.21. The molecule has 0 aliphatic heterocycles. The van der Waals surface area contributed by atoms with Gasteiger partial charge in [0, 0.05) is 5.75 Å². The van der Waals surface area contributed by atoms with Crippen molar-refractivity contribution in [2.75, 3.05) is 5.75 Å². The lowest BCUT2D eigenvalue weighted by molar-refractivity contribution is -0.143. The predicted molar refractivity (Wildman–Crippen MR) is 79.4 cm³/mol. The molecule has 0 radical (unpaired) electrons. The second-order valence-electron chi connectivity index (χ2n) is 4.52. The Hall–Kier alpha value is -2.34. The van der Waals surface area contributed by atoms with Crippen LogP contribution < -0.4 is 22.1 Å². The number of thiol groups is 1. The fourth-order valence-electron chi connectivity index (χ4n) is 1.43. The number of hydrogen-bond donors (Lipinski definition) is 7. The number of carbonyl (C=O) groups excluding carboxylic acids is 3. The number of carboxylic acid groups (broad SMARTS) is 2. The molecular formula is C11H18N4O7S. The quantitative estimate of drug-likeness (QED) is 0.198. The van der Waals surface area contributed by atoms with E-state index >= 15 is 0 Å². The molecule has 3 amide bonds. The van der Waals surface area contributed by atoms with Gasteiger partial charge in [0.2, 0.25) is 17.7 Å². The Morgan fingerprint density at radius 1 is 0.957 bits per heavy atom. The van der Waals surface area contributed by atoms with Gasteiger partial charge in [0.1, 0.15) is 12.1 Å². The van der Waals surface area contributed by atoms with Gasteiger partial charge >= 0.3 is 11.9 Å². The van der Waals surface area contributed by atoms with Crippen LogP contribution in [-0.4, -0.2) is 63.8 Å². The molecule has 0 bridgehead atoms. The molecule has 0 aliphatic rings. The van der Waals surface area contributed by atoms with Crippen LogP contribution in [0.5, 0.6) is 0 Å². The monoisotopic (exact) mass is 350 g/mol. The number of carboxylic acids is 2. The number of nitrogens with two attached hydrogens (primary N) is 2. The molecule has 23 heavy (non-hydrogen) atoms. The first-order chi connectivity index (χ1) is 10.6. The normalized spacial score (nSPS) is 14.2. The zero-order valence-corrected chi connectivity index (χ0v) is 12.8. The van der Waals surface area contributed by atoms with E-state index in [2.05, 4.69) is 17.9 Å². The van der Waals surface area contributed by atoms with Crippen LogP contribution in [0, 0.1) is 0 Å². The second-order valence-corrected chi connectivity index (χ2v) is 4.88. The first kappa shape index (κ1) is 20.7. The van der Waals surface area contributed by atoms with Gasteiger partial charge in [-0.2, -0.15) is 12.6 Å². The fourth-order valence-corrected chi connectivity index (χ4v) is 1.68. The number of carbonyl (C=O) groups is 5. The molecule has 0 rings (SSSR count). The van der Waals surface area contributed by atoms with E-state index < -0.39 is 60.6 Å². The third-order valence-electron chi connectivity index (χ3n) is 2.57. The van der Waals surface area contributed by atoms with Gasteiger partial charge in [0.25, 0.3) is 0 Å². The molecule has 0 aliphatic carbocycles. The third-order valence-corrected chi connectivity index (χ3v) is 2.93.